The van der Waals surface area contributed by atoms with E-state index in [1.807, 2.05) is 0 Å². The highest BCUT2D eigenvalue weighted by molar-refractivity contribution is 8.00. The highest BCUT2D eigenvalue weighted by Crippen LogP contribution is 2.29. The number of rotatable bonds is 3. The molecule has 1 unspecified atom stereocenters. The molecule has 1 saturated heterocycles. The van der Waals surface area contributed by atoms with Crippen LogP contribution in [0.1, 0.15) is 6.92 Å². The van der Waals surface area contributed by atoms with E-state index in [4.69, 9.17) is 0 Å². The number of thioether (sulfide) groups is 1. The molecule has 0 aromatic heterocycles. The Hall–Kier alpha value is -0.760. The molecule has 0 saturated carbocycles. The van der Waals surface area contributed by atoms with Gasteiger partial charge in [0.05, 0.1) is 12.6 Å². The predicted molar refractivity (Wildman–Crippen MR) is 52.7 cm³/mol. The first-order valence-corrected chi connectivity index (χ1v) is 5.58. The number of hydrogen-bond acceptors (Lipinski definition) is 4. The molecule has 0 radical (unpaired) electrons. The molecule has 1 aliphatic rings. The Morgan fingerprint density at radius 3 is 2.69 bits per heavy atom. The van der Waals surface area contributed by atoms with Crippen molar-refractivity contribution in [1.82, 2.24) is 10.2 Å². The van der Waals surface area contributed by atoms with Crippen LogP contribution in [0.25, 0.3) is 0 Å². The molecule has 8 heteroatoms. The van der Waals surface area contributed by atoms with Crippen molar-refractivity contribution in [3.8, 4) is 0 Å². The Kier molecular flexibility index (Phi) is 4.20. The Labute approximate surface area is 94.5 Å². The van der Waals surface area contributed by atoms with Crippen LogP contribution in [0.15, 0.2) is 0 Å². The van der Waals surface area contributed by atoms with E-state index in [2.05, 4.69) is 5.32 Å². The summed E-state index contributed by atoms with van der Waals surface area (Å²) in [5.74, 6) is -1.28. The van der Waals surface area contributed by atoms with Crippen molar-refractivity contribution in [1.29, 1.82) is 0 Å². The first kappa shape index (κ1) is 13.3. The molecule has 16 heavy (non-hydrogen) atoms. The molecule has 1 fully saturated rings. The molecular formula is C8H11F3N2O2S. The number of nitrogens with zero attached hydrogens (tertiary/aromatic N) is 1. The molecule has 1 N–H and O–H groups in total. The summed E-state index contributed by atoms with van der Waals surface area (Å²) >= 11 is -0.234. The van der Waals surface area contributed by atoms with Gasteiger partial charge in [0.2, 0.25) is 11.8 Å². The normalized spacial score (nSPS) is 22.8. The molecule has 1 atom stereocenters. The lowest BCUT2D eigenvalue weighted by molar-refractivity contribution is -0.148. The van der Waals surface area contributed by atoms with Gasteiger partial charge in [-0.25, -0.2) is 0 Å². The molecule has 1 aliphatic heterocycles. The van der Waals surface area contributed by atoms with E-state index >= 15 is 0 Å². The highest BCUT2D eigenvalue weighted by atomic mass is 32.2. The van der Waals surface area contributed by atoms with E-state index in [1.54, 1.807) is 6.92 Å². The molecule has 0 bridgehead atoms. The van der Waals surface area contributed by atoms with Crippen molar-refractivity contribution >= 4 is 23.6 Å². The number of piperazine rings is 1. The van der Waals surface area contributed by atoms with Crippen LogP contribution in [0.3, 0.4) is 0 Å². The number of imide groups is 1. The van der Waals surface area contributed by atoms with Crippen molar-refractivity contribution in [2.24, 2.45) is 0 Å². The van der Waals surface area contributed by atoms with Gasteiger partial charge in [0.25, 0.3) is 0 Å². The van der Waals surface area contributed by atoms with Crippen LogP contribution in [0.5, 0.6) is 0 Å². The average molecular weight is 256 g/mol. The second kappa shape index (κ2) is 5.05. The second-order valence-electron chi connectivity index (χ2n) is 3.28. The van der Waals surface area contributed by atoms with Crippen molar-refractivity contribution in [2.75, 3.05) is 18.8 Å². The number of alkyl halides is 3. The average Bonchev–Trinajstić information content (AvgIpc) is 2.16. The van der Waals surface area contributed by atoms with Crippen LogP contribution in [-0.2, 0) is 9.59 Å². The molecule has 1 heterocycles. The molecule has 0 spiro atoms. The first-order chi connectivity index (χ1) is 7.31. The summed E-state index contributed by atoms with van der Waals surface area (Å²) in [6.07, 6.45) is 0. The smallest absolute Gasteiger partial charge is 0.298 e. The fraction of sp³-hybridized carbons (Fsp3) is 0.750. The van der Waals surface area contributed by atoms with Crippen molar-refractivity contribution in [3.63, 3.8) is 0 Å². The van der Waals surface area contributed by atoms with E-state index < -0.39 is 23.4 Å². The predicted octanol–water partition coefficient (Wildman–Crippen LogP) is 0.586. The number of amides is 2. The lowest BCUT2D eigenvalue weighted by Gasteiger charge is -2.29. The summed E-state index contributed by atoms with van der Waals surface area (Å²) < 4.78 is 35.5. The fourth-order valence-corrected chi connectivity index (χ4v) is 1.77. The van der Waals surface area contributed by atoms with Crippen LogP contribution >= 0.6 is 11.8 Å². The molecule has 2 amide bonds. The number of carbonyl (C=O) groups is 2. The minimum atomic E-state index is -4.33. The molecule has 0 aliphatic carbocycles. The minimum absolute atomic E-state index is 0.0103. The van der Waals surface area contributed by atoms with E-state index in [0.717, 1.165) is 4.90 Å². The van der Waals surface area contributed by atoms with Crippen molar-refractivity contribution in [2.45, 2.75) is 18.5 Å². The molecule has 92 valence electrons. The van der Waals surface area contributed by atoms with E-state index in [9.17, 15) is 22.8 Å². The SMILES string of the molecule is CC1NCC(=O)N(CCSC(F)(F)F)C1=O. The van der Waals surface area contributed by atoms with Crippen LogP contribution in [0.4, 0.5) is 13.2 Å². The topological polar surface area (TPSA) is 49.4 Å². The van der Waals surface area contributed by atoms with Crippen LogP contribution in [0, 0.1) is 0 Å². The van der Waals surface area contributed by atoms with Gasteiger partial charge in [0, 0.05) is 12.3 Å². The third kappa shape index (κ3) is 3.67. The number of nitrogens with one attached hydrogen (secondary N) is 1. The standard InChI is InChI=1S/C8H11F3N2O2S/c1-5-7(15)13(6(14)4-12-5)2-3-16-8(9,10)11/h5,12H,2-4H2,1H3. The van der Waals surface area contributed by atoms with Crippen LogP contribution in [-0.4, -0.2) is 47.1 Å². The quantitative estimate of drug-likeness (QED) is 0.751. The summed E-state index contributed by atoms with van der Waals surface area (Å²) in [5, 5.41) is 2.65. The van der Waals surface area contributed by atoms with Crippen molar-refractivity contribution < 1.29 is 22.8 Å². The Balaban J connectivity index is 2.45. The van der Waals surface area contributed by atoms with E-state index in [-0.39, 0.29) is 30.6 Å². The number of carbonyl (C=O) groups excluding carboxylic acids is 2. The van der Waals surface area contributed by atoms with E-state index in [1.165, 1.54) is 0 Å². The summed E-state index contributed by atoms with van der Waals surface area (Å²) in [6, 6.07) is -0.520. The summed E-state index contributed by atoms with van der Waals surface area (Å²) in [4.78, 5) is 23.6. The number of hydrogen-bond donors (Lipinski definition) is 1. The second-order valence-corrected chi connectivity index (χ2v) is 4.44. The van der Waals surface area contributed by atoms with Gasteiger partial charge in [0.1, 0.15) is 0 Å². The lowest BCUT2D eigenvalue weighted by atomic mass is 10.2. The maximum Gasteiger partial charge on any atom is 0.441 e. The monoisotopic (exact) mass is 256 g/mol. The third-order valence-corrected chi connectivity index (χ3v) is 2.79. The van der Waals surface area contributed by atoms with Gasteiger partial charge in [-0.05, 0) is 18.7 Å². The van der Waals surface area contributed by atoms with Gasteiger partial charge in [-0.15, -0.1) is 0 Å². The van der Waals surface area contributed by atoms with Gasteiger partial charge < -0.3 is 0 Å². The molecular weight excluding hydrogens is 245 g/mol. The molecule has 1 rings (SSSR count). The summed E-state index contributed by atoms with van der Waals surface area (Å²) in [6.45, 7) is 1.36. The largest absolute Gasteiger partial charge is 0.441 e. The van der Waals surface area contributed by atoms with Gasteiger partial charge >= 0.3 is 5.51 Å². The summed E-state index contributed by atoms with van der Waals surface area (Å²) in [7, 11) is 0. The van der Waals surface area contributed by atoms with Crippen LogP contribution in [0.2, 0.25) is 0 Å². The lowest BCUT2D eigenvalue weighted by Crippen LogP contribution is -2.57. The minimum Gasteiger partial charge on any atom is -0.298 e. The third-order valence-electron chi connectivity index (χ3n) is 2.08. The summed E-state index contributed by atoms with van der Waals surface area (Å²) in [5.41, 5.74) is -4.33. The maximum absolute atomic E-state index is 11.8. The Morgan fingerprint density at radius 1 is 1.50 bits per heavy atom. The molecule has 0 aromatic rings. The van der Waals surface area contributed by atoms with Gasteiger partial charge in [-0.3, -0.25) is 19.8 Å². The number of halogens is 3. The zero-order chi connectivity index (χ0) is 12.3. The van der Waals surface area contributed by atoms with Gasteiger partial charge in [-0.2, -0.15) is 13.2 Å². The fourth-order valence-electron chi connectivity index (χ4n) is 1.27. The van der Waals surface area contributed by atoms with Gasteiger partial charge in [0.15, 0.2) is 0 Å². The van der Waals surface area contributed by atoms with Crippen LogP contribution < -0.4 is 5.32 Å². The van der Waals surface area contributed by atoms with Crippen molar-refractivity contribution in [3.05, 3.63) is 0 Å². The Bertz CT molecular complexity index is 295. The zero-order valence-corrected chi connectivity index (χ0v) is 9.32. The Morgan fingerprint density at radius 2 is 2.12 bits per heavy atom. The van der Waals surface area contributed by atoms with Gasteiger partial charge in [-0.1, -0.05) is 0 Å². The zero-order valence-electron chi connectivity index (χ0n) is 8.50. The molecule has 0 aromatic carbocycles. The first-order valence-electron chi connectivity index (χ1n) is 4.59. The molecule has 4 nitrogen and oxygen atoms in total. The van der Waals surface area contributed by atoms with E-state index in [0.29, 0.717) is 0 Å². The highest BCUT2D eigenvalue weighted by Gasteiger charge is 2.33. The maximum atomic E-state index is 11.8.